The smallest absolute Gasteiger partial charge is 0.342 e. The van der Waals surface area contributed by atoms with Crippen molar-refractivity contribution in [2.75, 3.05) is 0 Å². The van der Waals surface area contributed by atoms with Gasteiger partial charge in [0, 0.05) is 16.7 Å². The Morgan fingerprint density at radius 1 is 1.19 bits per heavy atom. The number of nitrogens with zero attached hydrogens (tertiary/aromatic N) is 6. The Morgan fingerprint density at radius 3 is 2.56 bits per heavy atom. The third-order valence-electron chi connectivity index (χ3n) is 4.04. The van der Waals surface area contributed by atoms with Crippen molar-refractivity contribution >= 4 is 27.3 Å². The van der Waals surface area contributed by atoms with Gasteiger partial charge in [-0.15, -0.1) is 0 Å². The molecule has 1 aromatic carbocycles. The summed E-state index contributed by atoms with van der Waals surface area (Å²) in [6.45, 7) is 1.50. The molecule has 0 fully saturated rings. The maximum Gasteiger partial charge on any atom is 0.501 e. The zero-order valence-corrected chi connectivity index (χ0v) is 17.4. The molecule has 15 heteroatoms. The van der Waals surface area contributed by atoms with Crippen LogP contribution in [0, 0.1) is 11.3 Å². The first-order valence-corrected chi connectivity index (χ1v) is 10.4. The van der Waals surface area contributed by atoms with Crippen LogP contribution in [-0.4, -0.2) is 44.6 Å². The van der Waals surface area contributed by atoms with E-state index < -0.39 is 37.8 Å². The van der Waals surface area contributed by atoms with Gasteiger partial charge in [-0.1, -0.05) is 11.6 Å². The molecule has 2 aromatic heterocycles. The molecule has 32 heavy (non-hydrogen) atoms. The summed E-state index contributed by atoms with van der Waals surface area (Å²) in [4.78, 5) is 23.2. The van der Waals surface area contributed by atoms with E-state index in [-0.39, 0.29) is 22.4 Å². The molecule has 0 saturated heterocycles. The number of halogens is 4. The average molecular weight is 486 g/mol. The predicted octanol–water partition coefficient (Wildman–Crippen LogP) is 2.37. The molecule has 0 unspecified atom stereocenters. The van der Waals surface area contributed by atoms with Crippen LogP contribution in [0.3, 0.4) is 0 Å². The molecule has 10 nitrogen and oxygen atoms in total. The lowest BCUT2D eigenvalue weighted by Crippen LogP contribution is -2.29. The molecule has 0 spiro atoms. The van der Waals surface area contributed by atoms with Gasteiger partial charge in [0.25, 0.3) is 15.7 Å². The van der Waals surface area contributed by atoms with Crippen molar-refractivity contribution < 1.29 is 26.4 Å². The Balaban J connectivity index is 1.90. The lowest BCUT2D eigenvalue weighted by atomic mass is 10.2. The van der Waals surface area contributed by atoms with E-state index in [1.807, 2.05) is 6.07 Å². The number of nitrogens with one attached hydrogen (secondary N) is 1. The molecule has 0 aliphatic rings. The summed E-state index contributed by atoms with van der Waals surface area (Å²) >= 11 is 5.74. The summed E-state index contributed by atoms with van der Waals surface area (Å²) in [5, 5.41) is 15.1. The van der Waals surface area contributed by atoms with Gasteiger partial charge in [-0.3, -0.25) is 4.79 Å². The molecule has 3 aromatic rings. The molecular formula is C17H11ClF3N7O3S. The molecule has 1 atom stereocenters. The second kappa shape index (κ2) is 8.52. The predicted molar refractivity (Wildman–Crippen MR) is 102 cm³/mol. The van der Waals surface area contributed by atoms with Crippen molar-refractivity contribution in [1.82, 2.24) is 30.0 Å². The topological polar surface area (TPSA) is 144 Å². The SMILES string of the molecule is C[C@H](NC(=O)c1cc(Cl)cc(S(=O)(=O)C(F)(F)F)c1)c1ncnn1-c1cc(C#N)ncn1. The van der Waals surface area contributed by atoms with Gasteiger partial charge in [-0.05, 0) is 25.1 Å². The van der Waals surface area contributed by atoms with E-state index in [0.29, 0.717) is 12.1 Å². The summed E-state index contributed by atoms with van der Waals surface area (Å²) in [6.07, 6.45) is 2.30. The molecule has 0 saturated carbocycles. The second-order valence-electron chi connectivity index (χ2n) is 6.22. The number of alkyl halides is 3. The van der Waals surface area contributed by atoms with Crippen molar-refractivity contribution in [3.63, 3.8) is 0 Å². The van der Waals surface area contributed by atoms with Crippen LogP contribution < -0.4 is 5.32 Å². The van der Waals surface area contributed by atoms with E-state index in [0.717, 1.165) is 12.4 Å². The van der Waals surface area contributed by atoms with Crippen LogP contribution >= 0.6 is 11.6 Å². The molecule has 0 radical (unpaired) electrons. The van der Waals surface area contributed by atoms with Crippen molar-refractivity contribution in [3.05, 3.63) is 59.0 Å². The molecule has 1 amide bonds. The summed E-state index contributed by atoms with van der Waals surface area (Å²) in [7, 11) is -5.71. The minimum absolute atomic E-state index is 0.0606. The van der Waals surface area contributed by atoms with Gasteiger partial charge in [0.05, 0.1) is 10.9 Å². The fraction of sp³-hybridized carbons (Fsp3) is 0.176. The maximum atomic E-state index is 12.9. The highest BCUT2D eigenvalue weighted by molar-refractivity contribution is 7.92. The lowest BCUT2D eigenvalue weighted by Gasteiger charge is -2.15. The lowest BCUT2D eigenvalue weighted by molar-refractivity contribution is -0.0436. The fourth-order valence-electron chi connectivity index (χ4n) is 2.57. The van der Waals surface area contributed by atoms with Gasteiger partial charge in [-0.25, -0.2) is 23.4 Å². The van der Waals surface area contributed by atoms with E-state index in [9.17, 15) is 26.4 Å². The van der Waals surface area contributed by atoms with Crippen LogP contribution in [0.4, 0.5) is 13.2 Å². The minimum atomic E-state index is -5.71. The Hall–Kier alpha value is -3.57. The normalized spacial score (nSPS) is 12.8. The number of rotatable bonds is 5. The van der Waals surface area contributed by atoms with Gasteiger partial charge in [0.15, 0.2) is 11.6 Å². The van der Waals surface area contributed by atoms with Crippen LogP contribution in [0.15, 0.2) is 41.8 Å². The van der Waals surface area contributed by atoms with Crippen LogP contribution in [0.1, 0.15) is 34.8 Å². The Kier molecular flexibility index (Phi) is 6.15. The van der Waals surface area contributed by atoms with E-state index in [1.54, 1.807) is 0 Å². The zero-order chi connectivity index (χ0) is 23.7. The van der Waals surface area contributed by atoms with Crippen LogP contribution in [0.25, 0.3) is 5.82 Å². The third-order valence-corrected chi connectivity index (χ3v) is 5.73. The highest BCUT2D eigenvalue weighted by Gasteiger charge is 2.47. The molecular weight excluding hydrogens is 475 g/mol. The van der Waals surface area contributed by atoms with Crippen molar-refractivity contribution in [1.29, 1.82) is 5.26 Å². The fourth-order valence-corrected chi connectivity index (χ4v) is 3.70. The number of carbonyl (C=O) groups is 1. The number of carbonyl (C=O) groups excluding carboxylic acids is 1. The average Bonchev–Trinajstić information content (AvgIpc) is 3.22. The molecule has 0 aliphatic heterocycles. The first-order chi connectivity index (χ1) is 14.9. The number of amides is 1. The minimum Gasteiger partial charge on any atom is -0.342 e. The van der Waals surface area contributed by atoms with Gasteiger partial charge in [0.1, 0.15) is 24.4 Å². The largest absolute Gasteiger partial charge is 0.501 e. The molecule has 1 N–H and O–H groups in total. The summed E-state index contributed by atoms with van der Waals surface area (Å²) in [5.74, 6) is -0.550. The highest BCUT2D eigenvalue weighted by Crippen LogP contribution is 2.32. The van der Waals surface area contributed by atoms with Gasteiger partial charge in [-0.2, -0.15) is 28.2 Å². The van der Waals surface area contributed by atoms with Crippen LogP contribution in [0.5, 0.6) is 0 Å². The van der Waals surface area contributed by atoms with Crippen molar-refractivity contribution in [2.45, 2.75) is 23.4 Å². The number of nitriles is 1. The van der Waals surface area contributed by atoms with E-state index in [1.165, 1.54) is 24.0 Å². The number of sulfone groups is 1. The monoisotopic (exact) mass is 485 g/mol. The Bertz CT molecular complexity index is 1340. The van der Waals surface area contributed by atoms with Crippen LogP contribution in [0.2, 0.25) is 5.02 Å². The zero-order valence-electron chi connectivity index (χ0n) is 15.9. The maximum absolute atomic E-state index is 12.9. The number of hydrogen-bond donors (Lipinski definition) is 1. The molecule has 166 valence electrons. The van der Waals surface area contributed by atoms with E-state index in [2.05, 4.69) is 25.4 Å². The number of benzene rings is 1. The number of hydrogen-bond acceptors (Lipinski definition) is 8. The van der Waals surface area contributed by atoms with Gasteiger partial charge < -0.3 is 5.32 Å². The molecule has 0 aliphatic carbocycles. The standard InChI is InChI=1S/C17H11ClF3N7O3S/c1-9(15-25-8-26-28(15)14-5-12(6-22)23-7-24-14)27-16(29)10-2-11(18)4-13(3-10)32(30,31)17(19,20)21/h2-5,7-9H,1H3,(H,27,29)/t9-/m0/s1. The highest BCUT2D eigenvalue weighted by atomic mass is 35.5. The van der Waals surface area contributed by atoms with Crippen molar-refractivity contribution in [3.8, 4) is 11.9 Å². The van der Waals surface area contributed by atoms with Crippen molar-refractivity contribution in [2.24, 2.45) is 0 Å². The molecule has 0 bridgehead atoms. The number of aromatic nitrogens is 5. The third kappa shape index (κ3) is 4.53. The van der Waals surface area contributed by atoms with Gasteiger partial charge in [0.2, 0.25) is 0 Å². The summed E-state index contributed by atoms with van der Waals surface area (Å²) in [6, 6.07) is 4.51. The van der Waals surface area contributed by atoms with E-state index in [4.69, 9.17) is 16.9 Å². The molecule has 3 rings (SSSR count). The Labute approximate surface area is 183 Å². The summed E-state index contributed by atoms with van der Waals surface area (Å²) in [5.41, 5.74) is -5.91. The van der Waals surface area contributed by atoms with E-state index >= 15 is 0 Å². The second-order valence-corrected chi connectivity index (χ2v) is 8.60. The quantitative estimate of drug-likeness (QED) is 0.580. The summed E-state index contributed by atoms with van der Waals surface area (Å²) < 4.78 is 63.1. The Morgan fingerprint density at radius 2 is 1.91 bits per heavy atom. The first kappa shape index (κ1) is 23.1. The molecule has 2 heterocycles. The van der Waals surface area contributed by atoms with Crippen LogP contribution in [-0.2, 0) is 9.84 Å². The van der Waals surface area contributed by atoms with Gasteiger partial charge >= 0.3 is 5.51 Å². The first-order valence-electron chi connectivity index (χ1n) is 8.49.